The van der Waals surface area contributed by atoms with Crippen molar-refractivity contribution in [3.8, 4) is 0 Å². The fourth-order valence-corrected chi connectivity index (χ4v) is 3.28. The molecule has 1 heterocycles. The summed E-state index contributed by atoms with van der Waals surface area (Å²) >= 11 is 3.23. The fourth-order valence-electron chi connectivity index (χ4n) is 1.62. The summed E-state index contributed by atoms with van der Waals surface area (Å²) in [5.74, 6) is 0.238. The normalized spacial score (nSPS) is 11.2. The Kier molecular flexibility index (Phi) is 4.61. The highest BCUT2D eigenvalue weighted by molar-refractivity contribution is 9.10. The molecule has 106 valence electrons. The highest BCUT2D eigenvalue weighted by Gasteiger charge is 2.13. The van der Waals surface area contributed by atoms with Crippen molar-refractivity contribution in [3.05, 3.63) is 52.6 Å². The minimum absolute atomic E-state index is 0.00445. The van der Waals surface area contributed by atoms with Gasteiger partial charge in [-0.15, -0.1) is 0 Å². The Labute approximate surface area is 126 Å². The lowest BCUT2D eigenvalue weighted by atomic mass is 10.2. The Morgan fingerprint density at radius 3 is 2.60 bits per heavy atom. The van der Waals surface area contributed by atoms with Crippen LogP contribution in [-0.4, -0.2) is 19.2 Å². The van der Waals surface area contributed by atoms with Gasteiger partial charge in [0.05, 0.1) is 22.1 Å². The van der Waals surface area contributed by atoms with E-state index in [1.165, 1.54) is 6.20 Å². The van der Waals surface area contributed by atoms with Gasteiger partial charge in [0, 0.05) is 0 Å². The van der Waals surface area contributed by atoms with Crippen LogP contribution in [0.1, 0.15) is 5.56 Å². The monoisotopic (exact) mass is 355 g/mol. The Morgan fingerprint density at radius 2 is 1.95 bits per heavy atom. The van der Waals surface area contributed by atoms with E-state index in [9.17, 15) is 8.42 Å². The first kappa shape index (κ1) is 14.8. The average Bonchev–Trinajstić information content (AvgIpc) is 2.41. The number of aromatic nitrogens is 1. The predicted octanol–water partition coefficient (Wildman–Crippen LogP) is 2.41. The molecular formula is C13H14BrN3O2S. The molecular weight excluding hydrogens is 342 g/mol. The molecule has 7 heteroatoms. The molecule has 0 atom stereocenters. The Balaban J connectivity index is 2.04. The van der Waals surface area contributed by atoms with Gasteiger partial charge in [-0.1, -0.05) is 30.3 Å². The second kappa shape index (κ2) is 6.23. The number of nitrogens with zero attached hydrogens (tertiary/aromatic N) is 1. The van der Waals surface area contributed by atoms with Crippen molar-refractivity contribution in [1.82, 2.24) is 4.98 Å². The van der Waals surface area contributed by atoms with Crippen molar-refractivity contribution < 1.29 is 8.42 Å². The van der Waals surface area contributed by atoms with Crippen LogP contribution in [0.3, 0.4) is 0 Å². The number of hydrogen-bond donors (Lipinski definition) is 2. The lowest BCUT2D eigenvalue weighted by molar-refractivity contribution is 0.600. The Bertz CT molecular complexity index is 690. The summed E-state index contributed by atoms with van der Waals surface area (Å²) in [5, 5.41) is 0. The number of hydrogen-bond acceptors (Lipinski definition) is 4. The SMILES string of the molecule is Nc1cnc(NS(=O)(=O)CCc2ccccc2)c(Br)c1. The van der Waals surface area contributed by atoms with Gasteiger partial charge in [-0.2, -0.15) is 0 Å². The molecule has 20 heavy (non-hydrogen) atoms. The van der Waals surface area contributed by atoms with Gasteiger partial charge >= 0.3 is 0 Å². The van der Waals surface area contributed by atoms with E-state index in [-0.39, 0.29) is 11.6 Å². The zero-order valence-electron chi connectivity index (χ0n) is 10.6. The first-order valence-electron chi connectivity index (χ1n) is 5.92. The lowest BCUT2D eigenvalue weighted by Crippen LogP contribution is -2.19. The lowest BCUT2D eigenvalue weighted by Gasteiger charge is -2.09. The molecule has 0 aliphatic heterocycles. The topological polar surface area (TPSA) is 85.1 Å². The number of sulfonamides is 1. The van der Waals surface area contributed by atoms with E-state index in [0.29, 0.717) is 16.6 Å². The van der Waals surface area contributed by atoms with Crippen molar-refractivity contribution in [3.63, 3.8) is 0 Å². The summed E-state index contributed by atoms with van der Waals surface area (Å²) in [5.41, 5.74) is 6.99. The minimum Gasteiger partial charge on any atom is -0.397 e. The van der Waals surface area contributed by atoms with Crippen molar-refractivity contribution in [2.75, 3.05) is 16.2 Å². The smallest absolute Gasteiger partial charge is 0.234 e. The second-order valence-electron chi connectivity index (χ2n) is 4.26. The Hall–Kier alpha value is -1.60. The predicted molar refractivity (Wildman–Crippen MR) is 83.9 cm³/mol. The minimum atomic E-state index is -3.45. The van der Waals surface area contributed by atoms with Crippen molar-refractivity contribution in [2.24, 2.45) is 0 Å². The van der Waals surface area contributed by atoms with Gasteiger partial charge in [-0.25, -0.2) is 13.4 Å². The van der Waals surface area contributed by atoms with Crippen molar-refractivity contribution in [2.45, 2.75) is 6.42 Å². The van der Waals surface area contributed by atoms with Gasteiger partial charge in [0.25, 0.3) is 0 Å². The van der Waals surface area contributed by atoms with Gasteiger partial charge < -0.3 is 5.73 Å². The van der Waals surface area contributed by atoms with Crippen LogP contribution in [0.15, 0.2) is 47.1 Å². The number of aryl methyl sites for hydroxylation is 1. The molecule has 0 aliphatic carbocycles. The molecule has 2 aromatic rings. The maximum Gasteiger partial charge on any atom is 0.234 e. The second-order valence-corrected chi connectivity index (χ2v) is 6.95. The molecule has 1 aromatic heterocycles. The average molecular weight is 356 g/mol. The fraction of sp³-hybridized carbons (Fsp3) is 0.154. The van der Waals surface area contributed by atoms with Gasteiger partial charge in [0.15, 0.2) is 5.82 Å². The summed E-state index contributed by atoms with van der Waals surface area (Å²) in [6.45, 7) is 0. The molecule has 2 rings (SSSR count). The van der Waals surface area contributed by atoms with E-state index in [1.54, 1.807) is 6.07 Å². The molecule has 0 aliphatic rings. The molecule has 0 bridgehead atoms. The van der Waals surface area contributed by atoms with E-state index in [2.05, 4.69) is 25.6 Å². The molecule has 0 amide bonds. The largest absolute Gasteiger partial charge is 0.397 e. The van der Waals surface area contributed by atoms with Crippen LogP contribution in [0, 0.1) is 0 Å². The number of pyridine rings is 1. The summed E-state index contributed by atoms with van der Waals surface area (Å²) in [6.07, 6.45) is 1.85. The molecule has 5 nitrogen and oxygen atoms in total. The third-order valence-electron chi connectivity index (χ3n) is 2.62. The van der Waals surface area contributed by atoms with E-state index < -0.39 is 10.0 Å². The van der Waals surface area contributed by atoms with Crippen LogP contribution < -0.4 is 10.5 Å². The standard InChI is InChI=1S/C13H14BrN3O2S/c14-12-8-11(15)9-16-13(12)17-20(18,19)7-6-10-4-2-1-3-5-10/h1-5,8-9H,6-7,15H2,(H,16,17). The molecule has 0 radical (unpaired) electrons. The first-order valence-corrected chi connectivity index (χ1v) is 8.36. The van der Waals surface area contributed by atoms with Gasteiger partial charge in [-0.05, 0) is 34.0 Å². The van der Waals surface area contributed by atoms with Crippen LogP contribution >= 0.6 is 15.9 Å². The number of nitrogen functional groups attached to an aromatic ring is 1. The van der Waals surface area contributed by atoms with Crippen molar-refractivity contribution >= 4 is 37.5 Å². The maximum absolute atomic E-state index is 12.0. The number of benzene rings is 1. The van der Waals surface area contributed by atoms with Gasteiger partial charge in [0.2, 0.25) is 10.0 Å². The zero-order valence-corrected chi connectivity index (χ0v) is 13.0. The molecule has 0 fully saturated rings. The van der Waals surface area contributed by atoms with Crippen LogP contribution in [0.4, 0.5) is 11.5 Å². The summed E-state index contributed by atoms with van der Waals surface area (Å²) in [7, 11) is -3.45. The number of halogens is 1. The molecule has 1 aromatic carbocycles. The maximum atomic E-state index is 12.0. The van der Waals surface area contributed by atoms with E-state index in [4.69, 9.17) is 5.73 Å². The third kappa shape index (κ3) is 4.21. The molecule has 0 spiro atoms. The first-order chi connectivity index (χ1) is 9.46. The van der Waals surface area contributed by atoms with Crippen LogP contribution in [0.25, 0.3) is 0 Å². The number of nitrogens with two attached hydrogens (primary N) is 1. The highest BCUT2D eigenvalue weighted by Crippen LogP contribution is 2.22. The van der Waals surface area contributed by atoms with Crippen molar-refractivity contribution in [1.29, 1.82) is 0 Å². The third-order valence-corrected chi connectivity index (χ3v) is 4.47. The molecule has 0 unspecified atom stereocenters. The van der Waals surface area contributed by atoms with Gasteiger partial charge in [-0.3, -0.25) is 4.72 Å². The molecule has 0 saturated heterocycles. The van der Waals surface area contributed by atoms with E-state index in [1.807, 2.05) is 30.3 Å². The van der Waals surface area contributed by atoms with Crippen LogP contribution in [-0.2, 0) is 16.4 Å². The van der Waals surface area contributed by atoms with Gasteiger partial charge in [0.1, 0.15) is 0 Å². The molecule has 0 saturated carbocycles. The van der Waals surface area contributed by atoms with Crippen LogP contribution in [0.5, 0.6) is 0 Å². The summed E-state index contributed by atoms with van der Waals surface area (Å²) in [4.78, 5) is 3.96. The zero-order chi connectivity index (χ0) is 14.6. The van der Waals surface area contributed by atoms with E-state index >= 15 is 0 Å². The highest BCUT2D eigenvalue weighted by atomic mass is 79.9. The van der Waals surface area contributed by atoms with Crippen LogP contribution in [0.2, 0.25) is 0 Å². The molecule has 3 N–H and O–H groups in total. The summed E-state index contributed by atoms with van der Waals surface area (Å²) in [6, 6.07) is 11.1. The number of anilines is 2. The Morgan fingerprint density at radius 1 is 1.25 bits per heavy atom. The van der Waals surface area contributed by atoms with E-state index in [0.717, 1.165) is 5.56 Å². The quantitative estimate of drug-likeness (QED) is 0.862. The summed E-state index contributed by atoms with van der Waals surface area (Å²) < 4.78 is 27.0. The number of rotatable bonds is 5. The number of nitrogens with one attached hydrogen (secondary N) is 1.